The fraction of sp³-hybridized carbons (Fsp3) is 0.692. The molecular weight excluding hydrogens is 260 g/mol. The Balaban J connectivity index is 1.59. The molecular formula is C13H20N4OS. The van der Waals surface area contributed by atoms with Crippen molar-refractivity contribution in [2.75, 3.05) is 26.2 Å². The Labute approximate surface area is 117 Å². The Morgan fingerprint density at radius 3 is 3.11 bits per heavy atom. The lowest BCUT2D eigenvalue weighted by Gasteiger charge is -2.43. The number of nitrogens with two attached hydrogens (primary N) is 1. The average molecular weight is 280 g/mol. The molecule has 1 aromatic rings. The molecule has 2 aliphatic heterocycles. The number of aromatic nitrogens is 1. The molecule has 1 aromatic heterocycles. The van der Waals surface area contributed by atoms with E-state index in [2.05, 4.69) is 14.8 Å². The fourth-order valence-electron chi connectivity index (χ4n) is 3.05. The van der Waals surface area contributed by atoms with Gasteiger partial charge in [0.2, 0.25) is 0 Å². The first-order chi connectivity index (χ1) is 9.22. The van der Waals surface area contributed by atoms with Crippen molar-refractivity contribution in [2.45, 2.75) is 31.8 Å². The minimum absolute atomic E-state index is 0.399. The minimum Gasteiger partial charge on any atom is -0.364 e. The van der Waals surface area contributed by atoms with Crippen molar-refractivity contribution in [3.8, 4) is 0 Å². The number of carbonyl (C=O) groups is 1. The predicted molar refractivity (Wildman–Crippen MR) is 75.1 cm³/mol. The molecule has 0 spiro atoms. The zero-order chi connectivity index (χ0) is 13.2. The van der Waals surface area contributed by atoms with Crippen LogP contribution in [0.25, 0.3) is 0 Å². The van der Waals surface area contributed by atoms with Gasteiger partial charge in [-0.1, -0.05) is 6.42 Å². The summed E-state index contributed by atoms with van der Waals surface area (Å²) in [5.41, 5.74) is 5.63. The summed E-state index contributed by atoms with van der Waals surface area (Å²) in [6.45, 7) is 5.51. The molecule has 2 aliphatic rings. The number of piperazine rings is 1. The third-order valence-electron chi connectivity index (χ3n) is 4.08. The van der Waals surface area contributed by atoms with Crippen LogP contribution in [0, 0.1) is 0 Å². The molecule has 1 unspecified atom stereocenters. The molecule has 3 heterocycles. The van der Waals surface area contributed by atoms with Crippen molar-refractivity contribution in [2.24, 2.45) is 5.73 Å². The van der Waals surface area contributed by atoms with Gasteiger partial charge in [-0.3, -0.25) is 14.6 Å². The molecule has 5 nitrogen and oxygen atoms in total. The van der Waals surface area contributed by atoms with Gasteiger partial charge in [0.05, 0.1) is 6.54 Å². The van der Waals surface area contributed by atoms with Gasteiger partial charge in [-0.15, -0.1) is 11.3 Å². The fourth-order valence-corrected chi connectivity index (χ4v) is 3.88. The highest BCUT2D eigenvalue weighted by Gasteiger charge is 2.29. The van der Waals surface area contributed by atoms with Crippen LogP contribution in [-0.2, 0) is 6.54 Å². The number of hydrogen-bond donors (Lipinski definition) is 1. The smallest absolute Gasteiger partial charge is 0.268 e. The summed E-state index contributed by atoms with van der Waals surface area (Å²) >= 11 is 1.53. The third-order valence-corrected chi connectivity index (χ3v) is 4.92. The predicted octanol–water partition coefficient (Wildman–Crippen LogP) is 0.912. The van der Waals surface area contributed by atoms with Crippen LogP contribution in [0.2, 0.25) is 0 Å². The summed E-state index contributed by atoms with van der Waals surface area (Å²) < 4.78 is 0. The van der Waals surface area contributed by atoms with Crippen LogP contribution in [0.3, 0.4) is 0 Å². The largest absolute Gasteiger partial charge is 0.364 e. The van der Waals surface area contributed by atoms with E-state index in [4.69, 9.17) is 5.73 Å². The first kappa shape index (κ1) is 13.0. The Morgan fingerprint density at radius 1 is 1.42 bits per heavy atom. The maximum atomic E-state index is 11.0. The minimum atomic E-state index is -0.431. The van der Waals surface area contributed by atoms with Gasteiger partial charge in [-0.25, -0.2) is 4.98 Å². The number of fused-ring (bicyclic) bond motifs is 1. The lowest BCUT2D eigenvalue weighted by atomic mass is 9.99. The number of nitrogens with zero attached hydrogens (tertiary/aromatic N) is 3. The van der Waals surface area contributed by atoms with Crippen LogP contribution in [0.4, 0.5) is 0 Å². The van der Waals surface area contributed by atoms with E-state index in [0.717, 1.165) is 30.7 Å². The zero-order valence-electron chi connectivity index (χ0n) is 11.0. The number of primary amides is 1. The lowest BCUT2D eigenvalue weighted by Crippen LogP contribution is -2.54. The maximum Gasteiger partial charge on any atom is 0.268 e. The number of rotatable bonds is 3. The quantitative estimate of drug-likeness (QED) is 0.894. The second kappa shape index (κ2) is 5.56. The Morgan fingerprint density at radius 2 is 2.32 bits per heavy atom. The normalized spacial score (nSPS) is 25.2. The van der Waals surface area contributed by atoms with Crippen LogP contribution >= 0.6 is 11.3 Å². The molecule has 1 atom stereocenters. The molecule has 2 saturated heterocycles. The molecule has 0 bridgehead atoms. The van der Waals surface area contributed by atoms with E-state index >= 15 is 0 Å². The molecule has 2 N–H and O–H groups in total. The highest BCUT2D eigenvalue weighted by atomic mass is 32.1. The van der Waals surface area contributed by atoms with Gasteiger partial charge in [0.1, 0.15) is 10.7 Å². The van der Waals surface area contributed by atoms with Crippen molar-refractivity contribution < 1.29 is 4.79 Å². The first-order valence-electron chi connectivity index (χ1n) is 6.93. The average Bonchev–Trinajstić information content (AvgIpc) is 2.87. The highest BCUT2D eigenvalue weighted by Crippen LogP contribution is 2.22. The van der Waals surface area contributed by atoms with Crippen molar-refractivity contribution in [1.29, 1.82) is 0 Å². The lowest BCUT2D eigenvalue weighted by molar-refractivity contribution is 0.0456. The van der Waals surface area contributed by atoms with Crippen molar-refractivity contribution in [3.05, 3.63) is 16.1 Å². The summed E-state index contributed by atoms with van der Waals surface area (Å²) in [7, 11) is 0. The van der Waals surface area contributed by atoms with Gasteiger partial charge in [-0.2, -0.15) is 0 Å². The van der Waals surface area contributed by atoms with E-state index in [-0.39, 0.29) is 0 Å². The van der Waals surface area contributed by atoms with Crippen molar-refractivity contribution >= 4 is 17.2 Å². The summed E-state index contributed by atoms with van der Waals surface area (Å²) in [6, 6.07) is 0.720. The number of amides is 1. The van der Waals surface area contributed by atoms with Crippen LogP contribution in [0.15, 0.2) is 5.38 Å². The summed E-state index contributed by atoms with van der Waals surface area (Å²) in [6.07, 6.45) is 4.03. The monoisotopic (exact) mass is 280 g/mol. The number of carbonyl (C=O) groups excluding carboxylic acids is 1. The summed E-state index contributed by atoms with van der Waals surface area (Å²) in [5, 5.41) is 2.76. The molecule has 2 fully saturated rings. The van der Waals surface area contributed by atoms with Gasteiger partial charge in [0, 0.05) is 31.1 Å². The first-order valence-corrected chi connectivity index (χ1v) is 7.81. The van der Waals surface area contributed by atoms with Crippen LogP contribution < -0.4 is 5.73 Å². The van der Waals surface area contributed by atoms with Crippen molar-refractivity contribution in [3.63, 3.8) is 0 Å². The van der Waals surface area contributed by atoms with E-state index < -0.39 is 5.91 Å². The molecule has 0 saturated carbocycles. The molecule has 0 aliphatic carbocycles. The Hall–Kier alpha value is -0.980. The van der Waals surface area contributed by atoms with Gasteiger partial charge < -0.3 is 5.73 Å². The summed E-state index contributed by atoms with van der Waals surface area (Å²) in [4.78, 5) is 20.4. The SMILES string of the molecule is NC(=O)c1csc(CN2CCN3CCCCC3C2)n1. The topological polar surface area (TPSA) is 62.5 Å². The van der Waals surface area contributed by atoms with Gasteiger partial charge in [0.15, 0.2) is 0 Å². The Kier molecular flexibility index (Phi) is 3.81. The molecule has 1 amide bonds. The number of thiazole rings is 1. The third kappa shape index (κ3) is 2.96. The highest BCUT2D eigenvalue weighted by molar-refractivity contribution is 7.09. The van der Waals surface area contributed by atoms with Gasteiger partial charge >= 0.3 is 0 Å². The number of piperidine rings is 1. The second-order valence-electron chi connectivity index (χ2n) is 5.41. The van der Waals surface area contributed by atoms with Crippen LogP contribution in [0.5, 0.6) is 0 Å². The Bertz CT molecular complexity index is 461. The van der Waals surface area contributed by atoms with E-state index in [1.54, 1.807) is 5.38 Å². The molecule has 0 radical (unpaired) electrons. The maximum absolute atomic E-state index is 11.0. The van der Waals surface area contributed by atoms with E-state index in [1.165, 1.54) is 43.7 Å². The van der Waals surface area contributed by atoms with E-state index in [9.17, 15) is 4.79 Å². The van der Waals surface area contributed by atoms with Crippen molar-refractivity contribution in [1.82, 2.24) is 14.8 Å². The summed E-state index contributed by atoms with van der Waals surface area (Å²) in [5.74, 6) is -0.431. The molecule has 19 heavy (non-hydrogen) atoms. The molecule has 6 heteroatoms. The van der Waals surface area contributed by atoms with Crippen LogP contribution in [0.1, 0.15) is 34.8 Å². The van der Waals surface area contributed by atoms with E-state index in [0.29, 0.717) is 5.69 Å². The standard InChI is InChI=1S/C13H20N4OS/c14-13(18)11-9-19-12(15-11)8-16-5-6-17-4-2-1-3-10(17)7-16/h9-10H,1-8H2,(H2,14,18). The van der Waals surface area contributed by atoms with Gasteiger partial charge in [-0.05, 0) is 19.4 Å². The molecule has 0 aromatic carbocycles. The van der Waals surface area contributed by atoms with Gasteiger partial charge in [0.25, 0.3) is 5.91 Å². The zero-order valence-corrected chi connectivity index (χ0v) is 11.9. The molecule has 104 valence electrons. The number of hydrogen-bond acceptors (Lipinski definition) is 5. The van der Waals surface area contributed by atoms with Crippen LogP contribution in [-0.4, -0.2) is 52.9 Å². The van der Waals surface area contributed by atoms with E-state index in [1.807, 2.05) is 0 Å². The second-order valence-corrected chi connectivity index (χ2v) is 6.35. The molecule has 3 rings (SSSR count).